The van der Waals surface area contributed by atoms with Gasteiger partial charge in [0.1, 0.15) is 17.9 Å². The van der Waals surface area contributed by atoms with Gasteiger partial charge in [0.2, 0.25) is 11.9 Å². The lowest BCUT2D eigenvalue weighted by Crippen LogP contribution is -2.43. The summed E-state index contributed by atoms with van der Waals surface area (Å²) < 4.78 is 7.12. The second-order valence-corrected chi connectivity index (χ2v) is 9.07. The molecule has 2 aromatic heterocycles. The molecular weight excluding hydrogens is 428 g/mol. The number of hydrogen-bond donors (Lipinski definition) is 1. The number of hydrogen-bond acceptors (Lipinski definition) is 6. The molecule has 1 atom stereocenters. The van der Waals surface area contributed by atoms with Crippen LogP contribution in [0.1, 0.15) is 56.7 Å². The molecule has 0 radical (unpaired) electrons. The number of imidazole rings is 1. The largest absolute Gasteiger partial charge is 0.497 e. The fraction of sp³-hybridized carbons (Fsp3) is 0.462. The SMILES string of the molecule is COc1cccc(CCNC(=O)CC2CCCCN2c2cc(C(C)C)nc(-n3ccnc3)n2)c1. The molecule has 1 aromatic carbocycles. The molecule has 0 spiro atoms. The highest BCUT2D eigenvalue weighted by molar-refractivity contribution is 5.77. The van der Waals surface area contributed by atoms with Gasteiger partial charge in [-0.3, -0.25) is 9.36 Å². The molecule has 180 valence electrons. The molecule has 1 aliphatic rings. The van der Waals surface area contributed by atoms with E-state index in [9.17, 15) is 4.79 Å². The number of piperidine rings is 1. The van der Waals surface area contributed by atoms with Gasteiger partial charge in [0.05, 0.1) is 12.8 Å². The molecule has 4 rings (SSSR count). The Morgan fingerprint density at radius 3 is 2.88 bits per heavy atom. The van der Waals surface area contributed by atoms with Crippen molar-refractivity contribution in [1.29, 1.82) is 0 Å². The van der Waals surface area contributed by atoms with E-state index in [-0.39, 0.29) is 17.9 Å². The summed E-state index contributed by atoms with van der Waals surface area (Å²) in [4.78, 5) is 28.8. The standard InChI is InChI=1S/C26H34N6O2/c1-19(2)23-17-24(30-26(29-23)31-14-12-27-18-31)32-13-5-4-8-21(32)16-25(33)28-11-10-20-7-6-9-22(15-20)34-3/h6-7,9,12,14-15,17-19,21H,4-5,8,10-11,13,16H2,1-3H3,(H,28,33). The van der Waals surface area contributed by atoms with Crippen LogP contribution < -0.4 is 15.0 Å². The van der Waals surface area contributed by atoms with Crippen LogP contribution in [0.5, 0.6) is 5.75 Å². The van der Waals surface area contributed by atoms with Gasteiger partial charge in [-0.1, -0.05) is 26.0 Å². The molecule has 0 aliphatic carbocycles. The zero-order valence-corrected chi connectivity index (χ0v) is 20.3. The lowest BCUT2D eigenvalue weighted by atomic mass is 9.98. The van der Waals surface area contributed by atoms with Gasteiger partial charge in [-0.2, -0.15) is 4.98 Å². The smallest absolute Gasteiger partial charge is 0.237 e. The Bertz CT molecular complexity index is 1080. The molecule has 1 fully saturated rings. The molecular formula is C26H34N6O2. The van der Waals surface area contributed by atoms with Crippen LogP contribution in [0.4, 0.5) is 5.82 Å². The monoisotopic (exact) mass is 462 g/mol. The number of rotatable bonds is 9. The predicted octanol–water partition coefficient (Wildman–Crippen LogP) is 3.90. The fourth-order valence-electron chi connectivity index (χ4n) is 4.35. The van der Waals surface area contributed by atoms with Crippen molar-refractivity contribution < 1.29 is 9.53 Å². The van der Waals surface area contributed by atoms with Gasteiger partial charge in [-0.25, -0.2) is 9.97 Å². The third-order valence-electron chi connectivity index (χ3n) is 6.26. The average Bonchev–Trinajstić information content (AvgIpc) is 3.39. The van der Waals surface area contributed by atoms with Crippen LogP contribution in [0.2, 0.25) is 0 Å². The summed E-state index contributed by atoms with van der Waals surface area (Å²) in [5.74, 6) is 2.68. The maximum absolute atomic E-state index is 12.8. The summed E-state index contributed by atoms with van der Waals surface area (Å²) in [5.41, 5.74) is 2.13. The Labute approximate surface area is 201 Å². The Kier molecular flexibility index (Phi) is 7.77. The first-order valence-corrected chi connectivity index (χ1v) is 12.1. The number of carbonyl (C=O) groups is 1. The number of anilines is 1. The Hall–Kier alpha value is -3.42. The van der Waals surface area contributed by atoms with Crippen molar-refractivity contribution in [1.82, 2.24) is 24.8 Å². The van der Waals surface area contributed by atoms with Gasteiger partial charge >= 0.3 is 0 Å². The van der Waals surface area contributed by atoms with Crippen molar-refractivity contribution in [2.45, 2.75) is 57.9 Å². The van der Waals surface area contributed by atoms with Gasteiger partial charge in [-0.05, 0) is 49.3 Å². The Balaban J connectivity index is 1.43. The first-order chi connectivity index (χ1) is 16.5. The van der Waals surface area contributed by atoms with Gasteiger partial charge in [0.25, 0.3) is 0 Å². The highest BCUT2D eigenvalue weighted by Gasteiger charge is 2.27. The molecule has 1 unspecified atom stereocenters. The maximum atomic E-state index is 12.8. The quantitative estimate of drug-likeness (QED) is 0.519. The zero-order valence-electron chi connectivity index (χ0n) is 20.3. The highest BCUT2D eigenvalue weighted by Crippen LogP contribution is 2.28. The van der Waals surface area contributed by atoms with Crippen molar-refractivity contribution in [3.8, 4) is 11.7 Å². The number of amides is 1. The number of ether oxygens (including phenoxy) is 1. The predicted molar refractivity (Wildman–Crippen MR) is 133 cm³/mol. The molecule has 1 aliphatic heterocycles. The average molecular weight is 463 g/mol. The first kappa shape index (κ1) is 23.7. The summed E-state index contributed by atoms with van der Waals surface area (Å²) in [6.45, 7) is 5.76. The minimum absolute atomic E-state index is 0.0766. The molecule has 3 aromatic rings. The van der Waals surface area contributed by atoms with Gasteiger partial charge in [0, 0.05) is 44.0 Å². The number of methoxy groups -OCH3 is 1. The normalized spacial score (nSPS) is 16.0. The van der Waals surface area contributed by atoms with Crippen LogP contribution in [0.3, 0.4) is 0 Å². The van der Waals surface area contributed by atoms with E-state index in [1.165, 1.54) is 0 Å². The summed E-state index contributed by atoms with van der Waals surface area (Å²) in [5, 5.41) is 3.10. The molecule has 1 saturated heterocycles. The molecule has 34 heavy (non-hydrogen) atoms. The summed E-state index contributed by atoms with van der Waals surface area (Å²) >= 11 is 0. The lowest BCUT2D eigenvalue weighted by Gasteiger charge is -2.36. The first-order valence-electron chi connectivity index (χ1n) is 12.1. The molecule has 8 heteroatoms. The molecule has 1 N–H and O–H groups in total. The van der Waals surface area contributed by atoms with E-state index < -0.39 is 0 Å². The van der Waals surface area contributed by atoms with E-state index in [2.05, 4.69) is 41.2 Å². The van der Waals surface area contributed by atoms with E-state index in [4.69, 9.17) is 14.7 Å². The lowest BCUT2D eigenvalue weighted by molar-refractivity contribution is -0.121. The summed E-state index contributed by atoms with van der Waals surface area (Å²) in [6, 6.07) is 10.2. The van der Waals surface area contributed by atoms with Gasteiger partial charge in [-0.15, -0.1) is 0 Å². The third kappa shape index (κ3) is 5.92. The van der Waals surface area contributed by atoms with Crippen molar-refractivity contribution >= 4 is 11.7 Å². The molecule has 0 saturated carbocycles. The van der Waals surface area contributed by atoms with E-state index in [0.29, 0.717) is 18.9 Å². The van der Waals surface area contributed by atoms with E-state index in [0.717, 1.165) is 55.1 Å². The minimum atomic E-state index is 0.0766. The van der Waals surface area contributed by atoms with Crippen LogP contribution >= 0.6 is 0 Å². The highest BCUT2D eigenvalue weighted by atomic mass is 16.5. The zero-order chi connectivity index (χ0) is 23.9. The molecule has 8 nitrogen and oxygen atoms in total. The number of benzene rings is 1. The Morgan fingerprint density at radius 1 is 1.24 bits per heavy atom. The van der Waals surface area contributed by atoms with Crippen LogP contribution in [0.25, 0.3) is 5.95 Å². The third-order valence-corrected chi connectivity index (χ3v) is 6.26. The maximum Gasteiger partial charge on any atom is 0.237 e. The van der Waals surface area contributed by atoms with Crippen LogP contribution in [0.15, 0.2) is 49.1 Å². The van der Waals surface area contributed by atoms with E-state index in [1.807, 2.05) is 29.0 Å². The number of nitrogens with zero attached hydrogens (tertiary/aromatic N) is 5. The van der Waals surface area contributed by atoms with Crippen molar-refractivity contribution in [2.24, 2.45) is 0 Å². The van der Waals surface area contributed by atoms with Gasteiger partial charge in [0.15, 0.2) is 0 Å². The van der Waals surface area contributed by atoms with Crippen LogP contribution in [0, 0.1) is 0 Å². The molecule has 0 bridgehead atoms. The second-order valence-electron chi connectivity index (χ2n) is 9.07. The summed E-state index contributed by atoms with van der Waals surface area (Å²) in [7, 11) is 1.66. The number of nitrogens with one attached hydrogen (secondary N) is 1. The number of carbonyl (C=O) groups excluding carboxylic acids is 1. The molecule has 1 amide bonds. The molecule has 3 heterocycles. The van der Waals surface area contributed by atoms with Crippen molar-refractivity contribution in [3.05, 3.63) is 60.3 Å². The van der Waals surface area contributed by atoms with E-state index >= 15 is 0 Å². The second kappa shape index (κ2) is 11.1. The van der Waals surface area contributed by atoms with Crippen molar-refractivity contribution in [2.75, 3.05) is 25.1 Å². The minimum Gasteiger partial charge on any atom is -0.497 e. The van der Waals surface area contributed by atoms with Crippen LogP contribution in [-0.4, -0.2) is 51.7 Å². The number of aromatic nitrogens is 4. The van der Waals surface area contributed by atoms with Crippen molar-refractivity contribution in [3.63, 3.8) is 0 Å². The fourth-order valence-corrected chi connectivity index (χ4v) is 4.35. The topological polar surface area (TPSA) is 85.2 Å². The van der Waals surface area contributed by atoms with Gasteiger partial charge < -0.3 is 15.0 Å². The Morgan fingerprint density at radius 2 is 2.12 bits per heavy atom. The van der Waals surface area contributed by atoms with E-state index in [1.54, 1.807) is 19.6 Å². The van der Waals surface area contributed by atoms with Crippen LogP contribution in [-0.2, 0) is 11.2 Å². The summed E-state index contributed by atoms with van der Waals surface area (Å²) in [6.07, 6.45) is 9.72.